The van der Waals surface area contributed by atoms with Crippen LogP contribution >= 0.6 is 0 Å². The third-order valence-corrected chi connectivity index (χ3v) is 6.51. The molecule has 134 valence electrons. The predicted molar refractivity (Wildman–Crippen MR) is 88.3 cm³/mol. The summed E-state index contributed by atoms with van der Waals surface area (Å²) in [5.74, 6) is 1.95. The Hall–Kier alpha value is -1.26. The van der Waals surface area contributed by atoms with Crippen LogP contribution in [0.3, 0.4) is 0 Å². The first kappa shape index (κ1) is 16.2. The summed E-state index contributed by atoms with van der Waals surface area (Å²) in [4.78, 5) is 26.4. The number of esters is 1. The van der Waals surface area contributed by atoms with E-state index >= 15 is 0 Å². The van der Waals surface area contributed by atoms with Crippen LogP contribution in [0.25, 0.3) is 0 Å². The third kappa shape index (κ3) is 3.02. The Balaban J connectivity index is 1.33. The van der Waals surface area contributed by atoms with E-state index in [2.05, 4.69) is 0 Å². The van der Waals surface area contributed by atoms with Crippen LogP contribution in [-0.4, -0.2) is 42.3 Å². The molecule has 1 aliphatic heterocycles. The molecular formula is C19H29NO4. The van der Waals surface area contributed by atoms with E-state index in [1.54, 1.807) is 4.90 Å². The van der Waals surface area contributed by atoms with Crippen molar-refractivity contribution in [2.45, 2.75) is 63.9 Å². The average molecular weight is 335 g/mol. The highest BCUT2D eigenvalue weighted by molar-refractivity contribution is 5.75. The molecule has 24 heavy (non-hydrogen) atoms. The van der Waals surface area contributed by atoms with Crippen molar-refractivity contribution in [2.75, 3.05) is 19.7 Å². The molecule has 4 aliphatic carbocycles. The van der Waals surface area contributed by atoms with Crippen molar-refractivity contribution in [2.24, 2.45) is 23.7 Å². The summed E-state index contributed by atoms with van der Waals surface area (Å²) < 4.78 is 11.3. The van der Waals surface area contributed by atoms with Gasteiger partial charge in [-0.15, -0.1) is 0 Å². The number of carbonyl (C=O) groups excluding carboxylic acids is 2. The van der Waals surface area contributed by atoms with Gasteiger partial charge in [-0.1, -0.05) is 6.92 Å². The van der Waals surface area contributed by atoms with Crippen molar-refractivity contribution >= 4 is 12.1 Å². The van der Waals surface area contributed by atoms with Crippen LogP contribution < -0.4 is 0 Å². The number of hydrogen-bond donors (Lipinski definition) is 0. The maximum absolute atomic E-state index is 12.7. The highest BCUT2D eigenvalue weighted by Crippen LogP contribution is 2.57. The molecule has 1 saturated heterocycles. The molecular weight excluding hydrogens is 306 g/mol. The van der Waals surface area contributed by atoms with E-state index in [9.17, 15) is 9.59 Å². The van der Waals surface area contributed by atoms with E-state index in [1.165, 1.54) is 19.3 Å². The Morgan fingerprint density at radius 2 is 1.71 bits per heavy atom. The van der Waals surface area contributed by atoms with Crippen LogP contribution in [-0.2, 0) is 14.3 Å². The quantitative estimate of drug-likeness (QED) is 0.739. The second-order valence-electron chi connectivity index (χ2n) is 8.57. The topological polar surface area (TPSA) is 55.8 Å². The SMILES string of the molecule is CCCOC(=O)C1CCN(C(=O)OC23CC4CC(CC(C4)C2)C3)C1. The van der Waals surface area contributed by atoms with Crippen molar-refractivity contribution in [1.82, 2.24) is 4.90 Å². The van der Waals surface area contributed by atoms with Gasteiger partial charge < -0.3 is 14.4 Å². The maximum Gasteiger partial charge on any atom is 0.410 e. The molecule has 0 spiro atoms. The van der Waals surface area contributed by atoms with Crippen molar-refractivity contribution in [1.29, 1.82) is 0 Å². The summed E-state index contributed by atoms with van der Waals surface area (Å²) in [7, 11) is 0. The molecule has 4 saturated carbocycles. The van der Waals surface area contributed by atoms with Crippen molar-refractivity contribution < 1.29 is 19.1 Å². The van der Waals surface area contributed by atoms with Crippen molar-refractivity contribution in [3.05, 3.63) is 0 Å². The van der Waals surface area contributed by atoms with Gasteiger partial charge in [-0.3, -0.25) is 4.79 Å². The molecule has 0 N–H and O–H groups in total. The van der Waals surface area contributed by atoms with E-state index in [-0.39, 0.29) is 23.6 Å². The van der Waals surface area contributed by atoms with E-state index in [0.717, 1.165) is 43.4 Å². The minimum absolute atomic E-state index is 0.165. The largest absolute Gasteiger partial charge is 0.465 e. The van der Waals surface area contributed by atoms with Gasteiger partial charge in [0.2, 0.25) is 0 Å². The zero-order valence-electron chi connectivity index (χ0n) is 14.7. The Labute approximate surface area is 144 Å². The monoisotopic (exact) mass is 335 g/mol. The van der Waals surface area contributed by atoms with Gasteiger partial charge in [0.05, 0.1) is 12.5 Å². The Kier molecular flexibility index (Phi) is 4.21. The minimum Gasteiger partial charge on any atom is -0.465 e. The molecule has 0 aromatic carbocycles. The lowest BCUT2D eigenvalue weighted by Crippen LogP contribution is -2.54. The number of hydrogen-bond acceptors (Lipinski definition) is 4. The molecule has 1 amide bonds. The first-order chi connectivity index (χ1) is 11.6. The lowest BCUT2D eigenvalue weighted by Gasteiger charge is -2.55. The van der Waals surface area contributed by atoms with Gasteiger partial charge in [-0.05, 0) is 69.1 Å². The number of carbonyl (C=O) groups is 2. The summed E-state index contributed by atoms with van der Waals surface area (Å²) in [6.45, 7) is 3.51. The van der Waals surface area contributed by atoms with E-state index in [1.807, 2.05) is 6.92 Å². The Bertz CT molecular complexity index is 482. The fourth-order valence-electron chi connectivity index (χ4n) is 5.84. The molecule has 0 aromatic rings. The van der Waals surface area contributed by atoms with Gasteiger partial charge in [-0.2, -0.15) is 0 Å². The highest BCUT2D eigenvalue weighted by atomic mass is 16.6. The van der Waals surface area contributed by atoms with Crippen LogP contribution in [0.5, 0.6) is 0 Å². The van der Waals surface area contributed by atoms with E-state index in [0.29, 0.717) is 26.1 Å². The molecule has 5 fully saturated rings. The van der Waals surface area contributed by atoms with Gasteiger partial charge >= 0.3 is 12.1 Å². The Morgan fingerprint density at radius 3 is 2.29 bits per heavy atom. The first-order valence-electron chi connectivity index (χ1n) is 9.71. The lowest BCUT2D eigenvalue weighted by atomic mass is 9.54. The predicted octanol–water partition coefficient (Wildman–Crippen LogP) is 3.37. The molecule has 5 heteroatoms. The van der Waals surface area contributed by atoms with Crippen molar-refractivity contribution in [3.8, 4) is 0 Å². The standard InChI is InChI=1S/C19H29NO4/c1-2-5-23-17(21)16-3-4-20(12-16)18(22)24-19-9-13-6-14(10-19)8-15(7-13)11-19/h13-16H,2-12H2,1H3. The smallest absolute Gasteiger partial charge is 0.410 e. The average Bonchev–Trinajstić information content (AvgIpc) is 3.01. The number of amides is 1. The van der Waals surface area contributed by atoms with Gasteiger partial charge in [0.1, 0.15) is 5.60 Å². The fourth-order valence-corrected chi connectivity index (χ4v) is 5.84. The zero-order valence-corrected chi connectivity index (χ0v) is 14.7. The minimum atomic E-state index is -0.206. The van der Waals surface area contributed by atoms with Crippen LogP contribution in [0.1, 0.15) is 58.3 Å². The van der Waals surface area contributed by atoms with Crippen LogP contribution in [0, 0.1) is 23.7 Å². The van der Waals surface area contributed by atoms with Gasteiger partial charge in [0.25, 0.3) is 0 Å². The first-order valence-corrected chi connectivity index (χ1v) is 9.71. The Morgan fingerprint density at radius 1 is 1.08 bits per heavy atom. The molecule has 0 aromatic heterocycles. The molecule has 4 bridgehead atoms. The summed E-state index contributed by atoms with van der Waals surface area (Å²) in [6, 6.07) is 0. The van der Waals surface area contributed by atoms with Gasteiger partial charge in [0.15, 0.2) is 0 Å². The normalized spacial score (nSPS) is 40.0. The highest BCUT2D eigenvalue weighted by Gasteiger charge is 2.53. The van der Waals surface area contributed by atoms with Gasteiger partial charge in [-0.25, -0.2) is 4.79 Å². The number of ether oxygens (including phenoxy) is 2. The second-order valence-corrected chi connectivity index (χ2v) is 8.57. The van der Waals surface area contributed by atoms with Crippen molar-refractivity contribution in [3.63, 3.8) is 0 Å². The van der Waals surface area contributed by atoms with Crippen LogP contribution in [0.2, 0.25) is 0 Å². The second kappa shape index (κ2) is 6.23. The van der Waals surface area contributed by atoms with Crippen LogP contribution in [0.4, 0.5) is 4.79 Å². The number of likely N-dealkylation sites (tertiary alicyclic amines) is 1. The molecule has 1 atom stereocenters. The molecule has 1 unspecified atom stereocenters. The molecule has 5 aliphatic rings. The summed E-state index contributed by atoms with van der Waals surface area (Å²) >= 11 is 0. The number of rotatable bonds is 4. The third-order valence-electron chi connectivity index (χ3n) is 6.51. The van der Waals surface area contributed by atoms with Gasteiger partial charge in [0, 0.05) is 13.1 Å². The molecule has 1 heterocycles. The van der Waals surface area contributed by atoms with E-state index < -0.39 is 0 Å². The molecule has 5 rings (SSSR count). The summed E-state index contributed by atoms with van der Waals surface area (Å²) in [5, 5.41) is 0. The number of nitrogens with zero attached hydrogens (tertiary/aromatic N) is 1. The van der Waals surface area contributed by atoms with Crippen LogP contribution in [0.15, 0.2) is 0 Å². The summed E-state index contributed by atoms with van der Waals surface area (Å²) in [5.41, 5.74) is -0.202. The lowest BCUT2D eigenvalue weighted by molar-refractivity contribution is -0.148. The molecule has 0 radical (unpaired) electrons. The summed E-state index contributed by atoms with van der Waals surface area (Å²) in [6.07, 6.45) is 8.50. The zero-order chi connectivity index (χ0) is 16.7. The fraction of sp³-hybridized carbons (Fsp3) is 0.895. The van der Waals surface area contributed by atoms with E-state index in [4.69, 9.17) is 9.47 Å². The maximum atomic E-state index is 12.7. The molecule has 5 nitrogen and oxygen atoms in total.